The molecule has 0 unspecified atom stereocenters. The van der Waals surface area contributed by atoms with E-state index in [9.17, 15) is 22.8 Å². The zero-order chi connectivity index (χ0) is 30.7. The Labute approximate surface area is 249 Å². The highest BCUT2D eigenvalue weighted by Gasteiger charge is 2.49. The Balaban J connectivity index is 1.27. The van der Waals surface area contributed by atoms with Gasteiger partial charge in [-0.1, -0.05) is 18.6 Å². The number of para-hydroxylation sites is 1. The van der Waals surface area contributed by atoms with Crippen LogP contribution in [0.4, 0.5) is 18.9 Å². The second-order valence-corrected chi connectivity index (χ2v) is 11.2. The monoisotopic (exact) mass is 601 g/mol. The number of ether oxygens (including phenoxy) is 1. The molecule has 42 heavy (non-hydrogen) atoms. The fourth-order valence-electron chi connectivity index (χ4n) is 5.39. The Bertz CT molecular complexity index is 1380. The fraction of sp³-hybridized carbons (Fsp3) is 0.467. The number of methoxy groups -OCH3 is 1. The smallest absolute Gasteiger partial charge is 0.417 e. The van der Waals surface area contributed by atoms with Gasteiger partial charge in [0.25, 0.3) is 11.8 Å². The predicted octanol–water partition coefficient (Wildman–Crippen LogP) is 4.93. The van der Waals surface area contributed by atoms with Crippen LogP contribution in [0.1, 0.15) is 54.6 Å². The number of piperazine rings is 1. The molecular formula is C30H34F3N5O3S. The number of nitriles is 1. The predicted molar refractivity (Wildman–Crippen MR) is 156 cm³/mol. The zero-order valence-electron chi connectivity index (χ0n) is 23.9. The van der Waals surface area contributed by atoms with E-state index in [1.165, 1.54) is 6.07 Å². The highest BCUT2D eigenvalue weighted by molar-refractivity contribution is 7.80. The van der Waals surface area contributed by atoms with Crippen LogP contribution >= 0.6 is 12.2 Å². The summed E-state index contributed by atoms with van der Waals surface area (Å²) in [6.07, 6.45) is -2.20. The molecule has 0 bridgehead atoms. The number of nitrogens with zero attached hydrogens (tertiary/aromatic N) is 5. The van der Waals surface area contributed by atoms with Crippen molar-refractivity contribution < 1.29 is 27.5 Å². The van der Waals surface area contributed by atoms with E-state index < -0.39 is 28.7 Å². The third kappa shape index (κ3) is 6.37. The first kappa shape index (κ1) is 31.3. The van der Waals surface area contributed by atoms with Crippen molar-refractivity contribution in [1.29, 1.82) is 5.26 Å². The van der Waals surface area contributed by atoms with E-state index in [4.69, 9.17) is 22.2 Å². The summed E-state index contributed by atoms with van der Waals surface area (Å²) < 4.78 is 45.9. The molecule has 0 aliphatic carbocycles. The lowest BCUT2D eigenvalue weighted by Crippen LogP contribution is -2.48. The maximum Gasteiger partial charge on any atom is 0.417 e. The van der Waals surface area contributed by atoms with Gasteiger partial charge in [0.15, 0.2) is 5.11 Å². The van der Waals surface area contributed by atoms with Crippen molar-refractivity contribution in [3.63, 3.8) is 0 Å². The summed E-state index contributed by atoms with van der Waals surface area (Å²) >= 11 is 5.57. The van der Waals surface area contributed by atoms with Gasteiger partial charge < -0.3 is 14.5 Å². The number of rotatable bonds is 9. The van der Waals surface area contributed by atoms with Gasteiger partial charge in [-0.2, -0.15) is 18.4 Å². The molecule has 4 rings (SSSR count). The number of anilines is 1. The van der Waals surface area contributed by atoms with Crippen molar-refractivity contribution >= 4 is 34.8 Å². The van der Waals surface area contributed by atoms with Crippen LogP contribution in [0.5, 0.6) is 5.75 Å². The van der Waals surface area contributed by atoms with Crippen LogP contribution in [0.15, 0.2) is 42.5 Å². The third-order valence-corrected chi connectivity index (χ3v) is 8.27. The molecule has 12 heteroatoms. The average molecular weight is 602 g/mol. The zero-order valence-corrected chi connectivity index (χ0v) is 24.7. The summed E-state index contributed by atoms with van der Waals surface area (Å²) in [7, 11) is 1.55. The molecule has 2 aliphatic heterocycles. The van der Waals surface area contributed by atoms with Crippen LogP contribution in [0.2, 0.25) is 0 Å². The van der Waals surface area contributed by atoms with E-state index in [0.29, 0.717) is 30.9 Å². The van der Waals surface area contributed by atoms with Gasteiger partial charge in [-0.3, -0.25) is 19.4 Å². The Hall–Kier alpha value is -3.69. The van der Waals surface area contributed by atoms with Crippen molar-refractivity contribution in [2.24, 2.45) is 0 Å². The lowest BCUT2D eigenvalue weighted by atomic mass is 10.0. The lowest BCUT2D eigenvalue weighted by molar-refractivity contribution is -0.137. The number of halogens is 3. The molecule has 0 atom stereocenters. The molecule has 0 spiro atoms. The molecule has 2 saturated heterocycles. The van der Waals surface area contributed by atoms with Crippen LogP contribution in [-0.4, -0.2) is 83.5 Å². The van der Waals surface area contributed by atoms with Gasteiger partial charge in [-0.15, -0.1) is 0 Å². The molecule has 2 amide bonds. The first-order valence-corrected chi connectivity index (χ1v) is 14.2. The normalized spacial score (nSPS) is 17.5. The number of carbonyl (C=O) groups is 2. The second-order valence-electron chi connectivity index (χ2n) is 10.9. The molecule has 0 N–H and O–H groups in total. The number of amides is 2. The summed E-state index contributed by atoms with van der Waals surface area (Å²) in [5.41, 5.74) is -2.07. The topological polar surface area (TPSA) is 80.1 Å². The van der Waals surface area contributed by atoms with Crippen molar-refractivity contribution in [1.82, 2.24) is 14.7 Å². The lowest BCUT2D eigenvalue weighted by Gasteiger charge is -2.35. The molecular weight excluding hydrogens is 567 g/mol. The van der Waals surface area contributed by atoms with Crippen molar-refractivity contribution in [2.45, 2.75) is 44.8 Å². The minimum Gasteiger partial charge on any atom is -0.496 e. The van der Waals surface area contributed by atoms with Crippen LogP contribution in [0.3, 0.4) is 0 Å². The number of alkyl halides is 3. The van der Waals surface area contributed by atoms with Crippen LogP contribution in [-0.2, 0) is 11.0 Å². The summed E-state index contributed by atoms with van der Waals surface area (Å²) in [6.45, 7) is 7.60. The summed E-state index contributed by atoms with van der Waals surface area (Å²) in [5.74, 6) is 0.125. The first-order valence-electron chi connectivity index (χ1n) is 13.8. The summed E-state index contributed by atoms with van der Waals surface area (Å²) in [4.78, 5) is 33.3. The van der Waals surface area contributed by atoms with E-state index in [0.717, 1.165) is 55.9 Å². The molecule has 2 aliphatic rings. The highest BCUT2D eigenvalue weighted by Crippen LogP contribution is 2.38. The standard InChI is InChI=1S/C30H34F3N5O3S/c1-29(2)27(40)38(22-12-11-21(20-34)24(19-22)30(31,32)33)28(42)37(29)14-8-4-7-13-35-15-17-36(18-16-35)26(39)23-9-5-6-10-25(23)41-3/h5-6,9-12,19H,4,7-8,13-18H2,1-3H3. The molecule has 2 aromatic rings. The molecule has 0 aromatic heterocycles. The van der Waals surface area contributed by atoms with Gasteiger partial charge in [0, 0.05) is 32.7 Å². The number of thiocarbonyl (C=S) groups is 1. The minimum absolute atomic E-state index is 0.00441. The maximum atomic E-state index is 13.5. The van der Waals surface area contributed by atoms with E-state index in [1.807, 2.05) is 17.0 Å². The molecule has 2 fully saturated rings. The molecule has 2 heterocycles. The first-order chi connectivity index (χ1) is 19.9. The van der Waals surface area contributed by atoms with Gasteiger partial charge in [0.1, 0.15) is 11.3 Å². The van der Waals surface area contributed by atoms with Crippen LogP contribution in [0.25, 0.3) is 0 Å². The number of unbranched alkanes of at least 4 members (excludes halogenated alkanes) is 2. The van der Waals surface area contributed by atoms with Crippen molar-refractivity contribution in [3.8, 4) is 11.8 Å². The van der Waals surface area contributed by atoms with E-state index >= 15 is 0 Å². The van der Waals surface area contributed by atoms with Gasteiger partial charge in [-0.25, -0.2) is 0 Å². The van der Waals surface area contributed by atoms with Gasteiger partial charge in [0.05, 0.1) is 35.6 Å². The largest absolute Gasteiger partial charge is 0.496 e. The average Bonchev–Trinajstić information content (AvgIpc) is 3.14. The summed E-state index contributed by atoms with van der Waals surface area (Å²) in [6, 6.07) is 12.0. The van der Waals surface area contributed by atoms with Gasteiger partial charge in [0.2, 0.25) is 0 Å². The number of hydrogen-bond donors (Lipinski definition) is 0. The van der Waals surface area contributed by atoms with E-state index in [1.54, 1.807) is 44.1 Å². The van der Waals surface area contributed by atoms with Gasteiger partial charge >= 0.3 is 6.18 Å². The highest BCUT2D eigenvalue weighted by atomic mass is 32.1. The van der Waals surface area contributed by atoms with E-state index in [-0.39, 0.29) is 16.7 Å². The SMILES string of the molecule is COc1ccccc1C(=O)N1CCN(CCCCCN2C(=S)N(c3ccc(C#N)c(C(F)(F)F)c3)C(=O)C2(C)C)CC1. The molecule has 0 saturated carbocycles. The second kappa shape index (κ2) is 12.7. The van der Waals surface area contributed by atoms with Gasteiger partial charge in [-0.05, 0) is 75.8 Å². The number of hydrogen-bond acceptors (Lipinski definition) is 6. The maximum absolute atomic E-state index is 13.5. The third-order valence-electron chi connectivity index (χ3n) is 7.86. The molecule has 224 valence electrons. The quantitative estimate of drug-likeness (QED) is 0.298. The van der Waals surface area contributed by atoms with Crippen LogP contribution < -0.4 is 9.64 Å². The Morgan fingerprint density at radius 2 is 1.71 bits per heavy atom. The fourth-order valence-corrected chi connectivity index (χ4v) is 5.90. The number of carbonyl (C=O) groups excluding carboxylic acids is 2. The minimum atomic E-state index is -4.74. The molecule has 0 radical (unpaired) electrons. The number of benzene rings is 2. The van der Waals surface area contributed by atoms with Crippen LogP contribution in [0, 0.1) is 11.3 Å². The Morgan fingerprint density at radius 1 is 1.05 bits per heavy atom. The van der Waals surface area contributed by atoms with E-state index in [2.05, 4.69) is 4.90 Å². The van der Waals surface area contributed by atoms with Crippen molar-refractivity contribution in [2.75, 3.05) is 51.3 Å². The molecule has 8 nitrogen and oxygen atoms in total. The Kier molecular flexibility index (Phi) is 9.43. The molecule has 2 aromatic carbocycles. The van der Waals surface area contributed by atoms with Crippen molar-refractivity contribution in [3.05, 3.63) is 59.2 Å². The summed E-state index contributed by atoms with van der Waals surface area (Å²) in [5, 5.41) is 9.25. The Morgan fingerprint density at radius 3 is 2.36 bits per heavy atom.